The number of methoxy groups -OCH3 is 1. The molecule has 0 saturated heterocycles. The monoisotopic (exact) mass is 335 g/mol. The van der Waals surface area contributed by atoms with Gasteiger partial charge in [0.2, 0.25) is 0 Å². The van der Waals surface area contributed by atoms with Crippen LogP contribution < -0.4 is 10.6 Å². The number of nitrogens with zero attached hydrogens (tertiary/aromatic N) is 1. The van der Waals surface area contributed by atoms with E-state index >= 15 is 0 Å². The first-order chi connectivity index (χ1) is 11.5. The lowest BCUT2D eigenvalue weighted by Gasteiger charge is -2.27. The zero-order valence-electron chi connectivity index (χ0n) is 13.2. The summed E-state index contributed by atoms with van der Waals surface area (Å²) in [6.07, 6.45) is 0. The Bertz CT molecular complexity index is 700. The Morgan fingerprint density at radius 2 is 2.04 bits per heavy atom. The molecule has 0 saturated carbocycles. The van der Waals surface area contributed by atoms with E-state index in [1.807, 2.05) is 0 Å². The van der Waals surface area contributed by atoms with Crippen LogP contribution in [0.2, 0.25) is 0 Å². The van der Waals surface area contributed by atoms with E-state index in [4.69, 9.17) is 9.47 Å². The molecule has 2 amide bonds. The molecule has 9 nitrogen and oxygen atoms in total. The molecule has 1 heterocycles. The minimum absolute atomic E-state index is 0.0314. The molecule has 0 aromatic heterocycles. The first-order valence-corrected chi connectivity index (χ1v) is 7.13. The van der Waals surface area contributed by atoms with Crippen molar-refractivity contribution < 1.29 is 24.0 Å². The van der Waals surface area contributed by atoms with Crippen molar-refractivity contribution in [1.29, 1.82) is 0 Å². The number of allylic oxidation sites excluding steroid dienone is 1. The standard InChI is InChI=1S/C15H17N3O6/c1-9-12(14(19)24-8-7-23-2)13(17-15(20)16-9)10-5-3-4-6-11(10)18(21)22/h3-6,13H,7-8H2,1-2H3,(H2,16,17,20)/t13-/m0/s1. The summed E-state index contributed by atoms with van der Waals surface area (Å²) in [4.78, 5) is 34.8. The molecule has 0 bridgehead atoms. The third kappa shape index (κ3) is 3.69. The van der Waals surface area contributed by atoms with Crippen LogP contribution in [-0.4, -0.2) is 37.2 Å². The van der Waals surface area contributed by atoms with Crippen LogP contribution in [0.3, 0.4) is 0 Å². The maximum atomic E-state index is 12.4. The van der Waals surface area contributed by atoms with E-state index in [9.17, 15) is 19.7 Å². The van der Waals surface area contributed by atoms with Gasteiger partial charge in [0.05, 0.1) is 28.7 Å². The predicted octanol–water partition coefficient (Wildman–Crippen LogP) is 1.41. The van der Waals surface area contributed by atoms with Crippen LogP contribution in [0, 0.1) is 10.1 Å². The number of rotatable bonds is 6. The van der Waals surface area contributed by atoms with E-state index in [2.05, 4.69) is 10.6 Å². The molecule has 0 unspecified atom stereocenters. The minimum Gasteiger partial charge on any atom is -0.460 e. The normalized spacial score (nSPS) is 17.1. The zero-order chi connectivity index (χ0) is 17.7. The van der Waals surface area contributed by atoms with Gasteiger partial charge in [0.25, 0.3) is 5.69 Å². The SMILES string of the molecule is COCCOC(=O)C1=C(C)NC(=O)N[C@H]1c1ccccc1[N+](=O)[O-]. The van der Waals surface area contributed by atoms with Crippen molar-refractivity contribution in [3.8, 4) is 0 Å². The number of carbonyl (C=O) groups excluding carboxylic acids is 2. The molecule has 1 atom stereocenters. The molecular weight excluding hydrogens is 318 g/mol. The van der Waals surface area contributed by atoms with Gasteiger partial charge in [-0.2, -0.15) is 0 Å². The quantitative estimate of drug-likeness (QED) is 0.351. The maximum absolute atomic E-state index is 12.4. The second-order valence-electron chi connectivity index (χ2n) is 5.01. The summed E-state index contributed by atoms with van der Waals surface area (Å²) in [5, 5.41) is 16.3. The molecule has 24 heavy (non-hydrogen) atoms. The summed E-state index contributed by atoms with van der Waals surface area (Å²) in [6.45, 7) is 1.78. The van der Waals surface area contributed by atoms with Crippen LogP contribution in [0.5, 0.6) is 0 Å². The van der Waals surface area contributed by atoms with Crippen molar-refractivity contribution >= 4 is 17.7 Å². The van der Waals surface area contributed by atoms with Crippen LogP contribution in [-0.2, 0) is 14.3 Å². The highest BCUT2D eigenvalue weighted by Gasteiger charge is 2.35. The van der Waals surface area contributed by atoms with Gasteiger partial charge in [0.1, 0.15) is 6.61 Å². The van der Waals surface area contributed by atoms with E-state index in [-0.39, 0.29) is 35.7 Å². The van der Waals surface area contributed by atoms with E-state index in [0.29, 0.717) is 0 Å². The summed E-state index contributed by atoms with van der Waals surface area (Å²) < 4.78 is 9.91. The van der Waals surface area contributed by atoms with Gasteiger partial charge in [0.15, 0.2) is 0 Å². The van der Waals surface area contributed by atoms with Crippen molar-refractivity contribution in [1.82, 2.24) is 10.6 Å². The minimum atomic E-state index is -0.976. The number of benzene rings is 1. The lowest BCUT2D eigenvalue weighted by molar-refractivity contribution is -0.385. The first-order valence-electron chi connectivity index (χ1n) is 7.13. The van der Waals surface area contributed by atoms with Gasteiger partial charge in [0, 0.05) is 18.9 Å². The average molecular weight is 335 g/mol. The number of ether oxygens (including phenoxy) is 2. The molecule has 1 aliphatic heterocycles. The first kappa shape index (κ1) is 17.4. The summed E-state index contributed by atoms with van der Waals surface area (Å²) in [7, 11) is 1.47. The van der Waals surface area contributed by atoms with Gasteiger partial charge in [-0.1, -0.05) is 12.1 Å². The number of amides is 2. The Morgan fingerprint density at radius 3 is 2.71 bits per heavy atom. The third-order valence-electron chi connectivity index (χ3n) is 3.45. The fourth-order valence-electron chi connectivity index (χ4n) is 2.39. The summed E-state index contributed by atoms with van der Waals surface area (Å²) in [6, 6.07) is 4.38. The number of hydrogen-bond donors (Lipinski definition) is 2. The Labute approximate surface area is 137 Å². The van der Waals surface area contributed by atoms with Gasteiger partial charge in [-0.05, 0) is 13.0 Å². The van der Waals surface area contributed by atoms with Gasteiger partial charge in [-0.3, -0.25) is 10.1 Å². The highest BCUT2D eigenvalue weighted by Crippen LogP contribution is 2.33. The molecule has 0 radical (unpaired) electrons. The molecule has 1 aliphatic rings. The van der Waals surface area contributed by atoms with Crippen LogP contribution in [0.1, 0.15) is 18.5 Å². The molecule has 1 aromatic carbocycles. The number of esters is 1. The number of nitro benzene ring substituents is 1. The van der Waals surface area contributed by atoms with Crippen molar-refractivity contribution in [3.63, 3.8) is 0 Å². The number of nitro groups is 1. The molecule has 9 heteroatoms. The fourth-order valence-corrected chi connectivity index (χ4v) is 2.39. The number of nitrogens with one attached hydrogen (secondary N) is 2. The molecule has 2 rings (SSSR count). The summed E-state index contributed by atoms with van der Waals surface area (Å²) >= 11 is 0. The molecule has 0 fully saturated rings. The van der Waals surface area contributed by atoms with E-state index < -0.39 is 23.0 Å². The highest BCUT2D eigenvalue weighted by atomic mass is 16.6. The van der Waals surface area contributed by atoms with Gasteiger partial charge >= 0.3 is 12.0 Å². The summed E-state index contributed by atoms with van der Waals surface area (Å²) in [5.74, 6) is -0.680. The fraction of sp³-hybridized carbons (Fsp3) is 0.333. The Morgan fingerprint density at radius 1 is 1.33 bits per heavy atom. The van der Waals surface area contributed by atoms with E-state index in [0.717, 1.165) is 0 Å². The maximum Gasteiger partial charge on any atom is 0.338 e. The predicted molar refractivity (Wildman–Crippen MR) is 83.0 cm³/mol. The average Bonchev–Trinajstić information content (AvgIpc) is 2.54. The molecule has 1 aromatic rings. The van der Waals surface area contributed by atoms with Crippen LogP contribution in [0.15, 0.2) is 35.5 Å². The van der Waals surface area contributed by atoms with Gasteiger partial charge in [-0.15, -0.1) is 0 Å². The van der Waals surface area contributed by atoms with E-state index in [1.165, 1.54) is 32.2 Å². The largest absolute Gasteiger partial charge is 0.460 e. The Hall–Kier alpha value is -2.94. The van der Waals surface area contributed by atoms with Crippen molar-refractivity contribution in [3.05, 3.63) is 51.2 Å². The Balaban J connectivity index is 2.42. The molecule has 2 N–H and O–H groups in total. The smallest absolute Gasteiger partial charge is 0.338 e. The molecule has 0 spiro atoms. The molecular formula is C15H17N3O6. The zero-order valence-corrected chi connectivity index (χ0v) is 13.2. The number of urea groups is 1. The second kappa shape index (κ2) is 7.55. The number of hydrogen-bond acceptors (Lipinski definition) is 6. The molecule has 128 valence electrons. The van der Waals surface area contributed by atoms with E-state index in [1.54, 1.807) is 6.07 Å². The van der Waals surface area contributed by atoms with Crippen molar-refractivity contribution in [2.45, 2.75) is 13.0 Å². The lowest BCUT2D eigenvalue weighted by atomic mass is 9.94. The van der Waals surface area contributed by atoms with Gasteiger partial charge < -0.3 is 20.1 Å². The van der Waals surface area contributed by atoms with Crippen molar-refractivity contribution in [2.24, 2.45) is 0 Å². The van der Waals surface area contributed by atoms with Crippen molar-refractivity contribution in [2.75, 3.05) is 20.3 Å². The lowest BCUT2D eigenvalue weighted by Crippen LogP contribution is -2.45. The van der Waals surface area contributed by atoms with Crippen LogP contribution >= 0.6 is 0 Å². The topological polar surface area (TPSA) is 120 Å². The molecule has 0 aliphatic carbocycles. The van der Waals surface area contributed by atoms with Crippen LogP contribution in [0.25, 0.3) is 0 Å². The Kier molecular flexibility index (Phi) is 5.48. The third-order valence-corrected chi connectivity index (χ3v) is 3.45. The summed E-state index contributed by atoms with van der Waals surface area (Å²) in [5.41, 5.74) is 0.402. The number of para-hydroxylation sites is 1. The van der Waals surface area contributed by atoms with Crippen LogP contribution in [0.4, 0.5) is 10.5 Å². The van der Waals surface area contributed by atoms with Gasteiger partial charge in [-0.25, -0.2) is 9.59 Å². The number of carbonyl (C=O) groups is 2. The second-order valence-corrected chi connectivity index (χ2v) is 5.01. The highest BCUT2D eigenvalue weighted by molar-refractivity contribution is 5.95.